The minimum atomic E-state index is -0.121. The van der Waals surface area contributed by atoms with E-state index in [1.807, 2.05) is 18.3 Å². The van der Waals surface area contributed by atoms with Gasteiger partial charge in [0.05, 0.1) is 12.6 Å². The number of carbonyl (C=O) groups is 1. The molecule has 116 valence electrons. The van der Waals surface area contributed by atoms with Crippen LogP contribution >= 0.6 is 0 Å². The summed E-state index contributed by atoms with van der Waals surface area (Å²) in [6.07, 6.45) is 4.55. The van der Waals surface area contributed by atoms with Crippen molar-refractivity contribution in [1.29, 1.82) is 0 Å². The Morgan fingerprint density at radius 3 is 2.95 bits per heavy atom. The fraction of sp³-hybridized carbons (Fsp3) is 0.412. The highest BCUT2D eigenvalue weighted by molar-refractivity contribution is 5.74. The molecule has 0 aliphatic heterocycles. The van der Waals surface area contributed by atoms with Gasteiger partial charge in [-0.2, -0.15) is 5.10 Å². The molecule has 3 rings (SSSR count). The largest absolute Gasteiger partial charge is 0.336 e. The van der Waals surface area contributed by atoms with Gasteiger partial charge in [0, 0.05) is 18.9 Å². The van der Waals surface area contributed by atoms with Gasteiger partial charge in [0.25, 0.3) is 0 Å². The first-order chi connectivity index (χ1) is 10.6. The molecule has 2 aromatic rings. The monoisotopic (exact) mass is 298 g/mol. The minimum absolute atomic E-state index is 0.0795. The van der Waals surface area contributed by atoms with Crippen molar-refractivity contribution in [2.75, 3.05) is 6.54 Å². The molecule has 0 saturated heterocycles. The Bertz CT molecular complexity index is 648. The molecular weight excluding hydrogens is 276 g/mol. The topological polar surface area (TPSA) is 59.0 Å². The predicted molar refractivity (Wildman–Crippen MR) is 85.6 cm³/mol. The third-order valence-corrected chi connectivity index (χ3v) is 4.27. The summed E-state index contributed by atoms with van der Waals surface area (Å²) < 4.78 is 1.80. The maximum Gasteiger partial charge on any atom is 0.315 e. The zero-order valence-electron chi connectivity index (χ0n) is 13.0. The molecule has 5 heteroatoms. The fourth-order valence-corrected chi connectivity index (χ4v) is 3.20. The number of rotatable bonds is 4. The molecule has 0 saturated carbocycles. The van der Waals surface area contributed by atoms with Crippen LogP contribution in [0.1, 0.15) is 37.4 Å². The molecule has 0 fully saturated rings. The first-order valence-electron chi connectivity index (χ1n) is 7.67. The lowest BCUT2D eigenvalue weighted by Crippen LogP contribution is -2.39. The Kier molecular flexibility index (Phi) is 3.88. The van der Waals surface area contributed by atoms with Crippen LogP contribution in [-0.2, 0) is 12.0 Å². The number of nitrogens with zero attached hydrogens (tertiary/aromatic N) is 2. The number of aromatic nitrogens is 2. The van der Waals surface area contributed by atoms with Crippen molar-refractivity contribution in [2.24, 2.45) is 0 Å². The number of benzene rings is 1. The molecule has 2 amide bonds. The van der Waals surface area contributed by atoms with E-state index in [2.05, 4.69) is 47.8 Å². The van der Waals surface area contributed by atoms with Crippen molar-refractivity contribution in [3.63, 3.8) is 0 Å². The summed E-state index contributed by atoms with van der Waals surface area (Å²) in [6, 6.07) is 10.2. The van der Waals surface area contributed by atoms with Gasteiger partial charge in [-0.3, -0.25) is 4.68 Å². The molecule has 0 spiro atoms. The summed E-state index contributed by atoms with van der Waals surface area (Å²) in [7, 11) is 0. The highest BCUT2D eigenvalue weighted by Gasteiger charge is 2.36. The number of fused-ring (bicyclic) bond motifs is 1. The molecule has 1 heterocycles. The van der Waals surface area contributed by atoms with Crippen molar-refractivity contribution in [1.82, 2.24) is 20.4 Å². The summed E-state index contributed by atoms with van der Waals surface area (Å²) in [4.78, 5) is 12.1. The maximum absolute atomic E-state index is 12.1. The zero-order valence-corrected chi connectivity index (χ0v) is 13.0. The smallest absolute Gasteiger partial charge is 0.315 e. The molecule has 1 aliphatic rings. The van der Waals surface area contributed by atoms with E-state index in [-0.39, 0.29) is 17.5 Å². The molecule has 2 N–H and O–H groups in total. The second kappa shape index (κ2) is 5.83. The van der Waals surface area contributed by atoms with Crippen molar-refractivity contribution in [2.45, 2.75) is 38.3 Å². The third kappa shape index (κ3) is 2.98. The average molecular weight is 298 g/mol. The van der Waals surface area contributed by atoms with Gasteiger partial charge in [-0.15, -0.1) is 0 Å². The zero-order chi connectivity index (χ0) is 15.6. The number of carbonyl (C=O) groups excluding carboxylic acids is 1. The molecule has 0 radical (unpaired) electrons. The van der Waals surface area contributed by atoms with Gasteiger partial charge in [0.1, 0.15) is 0 Å². The fourth-order valence-electron chi connectivity index (χ4n) is 3.20. The lowest BCUT2D eigenvalue weighted by molar-refractivity contribution is 0.235. The molecule has 22 heavy (non-hydrogen) atoms. The summed E-state index contributed by atoms with van der Waals surface area (Å²) in [5.41, 5.74) is 2.66. The second-order valence-corrected chi connectivity index (χ2v) is 6.40. The highest BCUT2D eigenvalue weighted by atomic mass is 16.2. The predicted octanol–water partition coefficient (Wildman–Crippen LogP) is 2.60. The number of hydrogen-bond acceptors (Lipinski definition) is 2. The van der Waals surface area contributed by atoms with E-state index in [1.54, 1.807) is 10.9 Å². The molecule has 1 aliphatic carbocycles. The molecule has 1 aromatic carbocycles. The van der Waals surface area contributed by atoms with Gasteiger partial charge in [-0.1, -0.05) is 38.1 Å². The lowest BCUT2D eigenvalue weighted by atomic mass is 9.86. The standard InChI is InChI=1S/C17H22N4O/c1-17(2)12-15(13-6-3-4-7-14(13)17)20-16(22)18-9-11-21-10-5-8-19-21/h3-8,10,15H,9,11-12H2,1-2H3,(H2,18,20,22). The Balaban J connectivity index is 1.56. The summed E-state index contributed by atoms with van der Waals surface area (Å²) in [5, 5.41) is 10.1. The quantitative estimate of drug-likeness (QED) is 0.911. The Morgan fingerprint density at radius 1 is 1.36 bits per heavy atom. The average Bonchev–Trinajstić information content (AvgIpc) is 3.07. The van der Waals surface area contributed by atoms with Crippen LogP contribution in [0.4, 0.5) is 4.79 Å². The Morgan fingerprint density at radius 2 is 2.18 bits per heavy atom. The second-order valence-electron chi connectivity index (χ2n) is 6.40. The third-order valence-electron chi connectivity index (χ3n) is 4.27. The van der Waals surface area contributed by atoms with Crippen LogP contribution < -0.4 is 10.6 Å². The van der Waals surface area contributed by atoms with E-state index in [0.717, 1.165) is 6.42 Å². The number of hydrogen-bond donors (Lipinski definition) is 2. The van der Waals surface area contributed by atoms with Gasteiger partial charge in [-0.05, 0) is 29.0 Å². The van der Waals surface area contributed by atoms with Crippen LogP contribution in [0.5, 0.6) is 0 Å². The molecule has 5 nitrogen and oxygen atoms in total. The van der Waals surface area contributed by atoms with Crippen molar-refractivity contribution < 1.29 is 4.79 Å². The Hall–Kier alpha value is -2.30. The van der Waals surface area contributed by atoms with Gasteiger partial charge in [0.2, 0.25) is 0 Å². The maximum atomic E-state index is 12.1. The molecular formula is C17H22N4O. The molecule has 0 bridgehead atoms. The number of urea groups is 1. The van der Waals surface area contributed by atoms with Gasteiger partial charge < -0.3 is 10.6 Å². The number of amides is 2. The van der Waals surface area contributed by atoms with Gasteiger partial charge in [0.15, 0.2) is 0 Å². The van der Waals surface area contributed by atoms with Crippen LogP contribution in [0.2, 0.25) is 0 Å². The Labute approximate surface area is 130 Å². The van der Waals surface area contributed by atoms with Crippen LogP contribution in [0.15, 0.2) is 42.7 Å². The lowest BCUT2D eigenvalue weighted by Gasteiger charge is -2.19. The van der Waals surface area contributed by atoms with Crippen LogP contribution in [-0.4, -0.2) is 22.4 Å². The van der Waals surface area contributed by atoms with Gasteiger partial charge >= 0.3 is 6.03 Å². The minimum Gasteiger partial charge on any atom is -0.336 e. The summed E-state index contributed by atoms with van der Waals surface area (Å²) in [6.45, 7) is 5.69. The van der Waals surface area contributed by atoms with E-state index >= 15 is 0 Å². The van der Waals surface area contributed by atoms with Crippen molar-refractivity contribution in [3.05, 3.63) is 53.9 Å². The number of nitrogens with one attached hydrogen (secondary N) is 2. The van der Waals surface area contributed by atoms with Crippen LogP contribution in [0, 0.1) is 0 Å². The highest BCUT2D eigenvalue weighted by Crippen LogP contribution is 2.44. The van der Waals surface area contributed by atoms with Crippen molar-refractivity contribution >= 4 is 6.03 Å². The molecule has 1 unspecified atom stereocenters. The van der Waals surface area contributed by atoms with Gasteiger partial charge in [-0.25, -0.2) is 4.79 Å². The molecule has 1 atom stereocenters. The first-order valence-corrected chi connectivity index (χ1v) is 7.67. The van der Waals surface area contributed by atoms with E-state index in [0.29, 0.717) is 13.1 Å². The summed E-state index contributed by atoms with van der Waals surface area (Å²) >= 11 is 0. The van der Waals surface area contributed by atoms with E-state index in [9.17, 15) is 4.79 Å². The van der Waals surface area contributed by atoms with E-state index in [4.69, 9.17) is 0 Å². The molecule has 1 aromatic heterocycles. The van der Waals surface area contributed by atoms with Crippen molar-refractivity contribution in [3.8, 4) is 0 Å². The SMILES string of the molecule is CC1(C)CC(NC(=O)NCCn2cccn2)c2ccccc21. The van der Waals surface area contributed by atoms with E-state index in [1.165, 1.54) is 11.1 Å². The van der Waals surface area contributed by atoms with Crippen LogP contribution in [0.3, 0.4) is 0 Å². The van der Waals surface area contributed by atoms with Crippen LogP contribution in [0.25, 0.3) is 0 Å². The summed E-state index contributed by atoms with van der Waals surface area (Å²) in [5.74, 6) is 0. The first kappa shape index (κ1) is 14.6. The van der Waals surface area contributed by atoms with E-state index < -0.39 is 0 Å². The normalized spacial score (nSPS) is 18.7.